The van der Waals surface area contributed by atoms with Crippen molar-refractivity contribution in [2.24, 2.45) is 0 Å². The number of thiazole rings is 1. The third kappa shape index (κ3) is 3.95. The Labute approximate surface area is 136 Å². The summed E-state index contributed by atoms with van der Waals surface area (Å²) in [5.41, 5.74) is 2.07. The highest BCUT2D eigenvalue weighted by Gasteiger charge is 2.09. The van der Waals surface area contributed by atoms with E-state index in [0.29, 0.717) is 5.75 Å². The number of aliphatic hydroxyl groups excluding tert-OH is 1. The van der Waals surface area contributed by atoms with E-state index in [4.69, 9.17) is 0 Å². The number of thiophene rings is 1. The smallest absolute Gasteiger partial charge is 0.133 e. The quantitative estimate of drug-likeness (QED) is 0.701. The maximum Gasteiger partial charge on any atom is 0.133 e. The molecule has 1 atom stereocenters. The predicted molar refractivity (Wildman–Crippen MR) is 93.0 cm³/mol. The Bertz CT molecular complexity index is 664. The van der Waals surface area contributed by atoms with E-state index in [1.165, 1.54) is 4.88 Å². The number of aliphatic hydroxyl groups is 1. The Hall–Kier alpha value is -1.14. The number of nitrogens with zero attached hydrogens (tertiary/aromatic N) is 1. The fourth-order valence-corrected chi connectivity index (χ4v) is 4.56. The van der Waals surface area contributed by atoms with Crippen molar-refractivity contribution >= 4 is 34.4 Å². The second kappa shape index (κ2) is 7.22. The van der Waals surface area contributed by atoms with Crippen molar-refractivity contribution in [3.05, 3.63) is 64.5 Å². The van der Waals surface area contributed by atoms with Gasteiger partial charge in [-0.15, -0.1) is 22.7 Å². The molecular formula is C16H15NOS3. The standard InChI is InChI=1S/C16H15NOS3/c18-14(12-5-2-1-3-6-12)11-19-9-13-10-21-16(17-13)15-7-4-8-20-15/h1-8,10,14,18H,9,11H2. The molecule has 0 saturated heterocycles. The molecule has 1 unspecified atom stereocenters. The van der Waals surface area contributed by atoms with Crippen molar-refractivity contribution in [2.75, 3.05) is 5.75 Å². The van der Waals surface area contributed by atoms with Gasteiger partial charge in [0.15, 0.2) is 0 Å². The maximum absolute atomic E-state index is 10.1. The zero-order valence-corrected chi connectivity index (χ0v) is 13.8. The summed E-state index contributed by atoms with van der Waals surface area (Å²) < 4.78 is 0. The van der Waals surface area contributed by atoms with Crippen LogP contribution in [0.15, 0.2) is 53.2 Å². The van der Waals surface area contributed by atoms with E-state index in [2.05, 4.69) is 21.8 Å². The minimum atomic E-state index is -0.411. The van der Waals surface area contributed by atoms with Crippen molar-refractivity contribution in [1.29, 1.82) is 0 Å². The fraction of sp³-hybridized carbons (Fsp3) is 0.188. The highest BCUT2D eigenvalue weighted by Crippen LogP contribution is 2.29. The molecule has 3 rings (SSSR count). The summed E-state index contributed by atoms with van der Waals surface area (Å²) in [6, 6.07) is 13.9. The Balaban J connectivity index is 1.52. The van der Waals surface area contributed by atoms with Crippen molar-refractivity contribution in [2.45, 2.75) is 11.9 Å². The van der Waals surface area contributed by atoms with Gasteiger partial charge in [-0.2, -0.15) is 11.8 Å². The molecule has 21 heavy (non-hydrogen) atoms. The van der Waals surface area contributed by atoms with Gasteiger partial charge in [0.2, 0.25) is 0 Å². The van der Waals surface area contributed by atoms with Gasteiger partial charge >= 0.3 is 0 Å². The predicted octanol–water partition coefficient (Wildman–Crippen LogP) is 4.84. The molecule has 2 heterocycles. The summed E-state index contributed by atoms with van der Waals surface area (Å²) in [6.45, 7) is 0. The molecule has 0 radical (unpaired) electrons. The van der Waals surface area contributed by atoms with Gasteiger partial charge in [-0.3, -0.25) is 0 Å². The van der Waals surface area contributed by atoms with E-state index in [1.807, 2.05) is 36.4 Å². The summed E-state index contributed by atoms with van der Waals surface area (Å²) in [7, 11) is 0. The first-order valence-electron chi connectivity index (χ1n) is 6.62. The third-order valence-corrected chi connectivity index (χ3v) is 5.98. The highest BCUT2D eigenvalue weighted by molar-refractivity contribution is 7.98. The largest absolute Gasteiger partial charge is 0.388 e. The summed E-state index contributed by atoms with van der Waals surface area (Å²) in [4.78, 5) is 5.87. The van der Waals surface area contributed by atoms with Gasteiger partial charge in [-0.05, 0) is 17.0 Å². The molecule has 0 aliphatic heterocycles. The molecule has 0 amide bonds. The molecule has 0 aliphatic carbocycles. The molecule has 1 aromatic carbocycles. The molecule has 0 saturated carbocycles. The lowest BCUT2D eigenvalue weighted by molar-refractivity contribution is 0.204. The Morgan fingerprint density at radius 1 is 1.10 bits per heavy atom. The number of thioether (sulfide) groups is 1. The number of benzene rings is 1. The lowest BCUT2D eigenvalue weighted by Crippen LogP contribution is -2.00. The molecule has 3 aromatic rings. The highest BCUT2D eigenvalue weighted by atomic mass is 32.2. The average molecular weight is 334 g/mol. The minimum absolute atomic E-state index is 0.411. The lowest BCUT2D eigenvalue weighted by atomic mass is 10.1. The zero-order chi connectivity index (χ0) is 14.5. The fourth-order valence-electron chi connectivity index (χ4n) is 1.93. The van der Waals surface area contributed by atoms with E-state index < -0.39 is 6.10 Å². The van der Waals surface area contributed by atoms with Gasteiger partial charge in [0.05, 0.1) is 16.7 Å². The maximum atomic E-state index is 10.1. The van der Waals surface area contributed by atoms with Crippen LogP contribution in [0.4, 0.5) is 0 Å². The van der Waals surface area contributed by atoms with Gasteiger partial charge in [-0.1, -0.05) is 36.4 Å². The first-order chi connectivity index (χ1) is 10.3. The van der Waals surface area contributed by atoms with Gasteiger partial charge in [0.25, 0.3) is 0 Å². The van der Waals surface area contributed by atoms with Crippen LogP contribution in [0.1, 0.15) is 17.4 Å². The van der Waals surface area contributed by atoms with E-state index in [1.54, 1.807) is 34.4 Å². The van der Waals surface area contributed by atoms with Crippen molar-refractivity contribution in [3.8, 4) is 9.88 Å². The van der Waals surface area contributed by atoms with Crippen LogP contribution in [-0.4, -0.2) is 15.8 Å². The SMILES string of the molecule is OC(CSCc1csc(-c2cccs2)n1)c1ccccc1. The molecule has 5 heteroatoms. The molecule has 0 bridgehead atoms. The van der Waals surface area contributed by atoms with Gasteiger partial charge < -0.3 is 5.11 Å². The van der Waals surface area contributed by atoms with E-state index in [0.717, 1.165) is 22.0 Å². The molecule has 1 N–H and O–H groups in total. The molecule has 108 valence electrons. The molecule has 0 aliphatic rings. The first-order valence-corrected chi connectivity index (χ1v) is 9.53. The summed E-state index contributed by atoms with van der Waals surface area (Å²) >= 11 is 5.12. The number of aromatic nitrogens is 1. The van der Waals surface area contributed by atoms with Crippen molar-refractivity contribution in [1.82, 2.24) is 4.98 Å². The molecule has 0 fully saturated rings. The molecule has 2 aromatic heterocycles. The zero-order valence-electron chi connectivity index (χ0n) is 11.3. The lowest BCUT2D eigenvalue weighted by Gasteiger charge is -2.09. The van der Waals surface area contributed by atoms with Crippen LogP contribution < -0.4 is 0 Å². The van der Waals surface area contributed by atoms with Crippen LogP contribution in [0, 0.1) is 0 Å². The van der Waals surface area contributed by atoms with Crippen LogP contribution in [0.25, 0.3) is 9.88 Å². The number of hydrogen-bond acceptors (Lipinski definition) is 5. The average Bonchev–Trinajstić information content (AvgIpc) is 3.19. The van der Waals surface area contributed by atoms with Crippen LogP contribution in [0.5, 0.6) is 0 Å². The van der Waals surface area contributed by atoms with Crippen LogP contribution >= 0.6 is 34.4 Å². The Kier molecular flexibility index (Phi) is 5.08. The normalized spacial score (nSPS) is 12.4. The Morgan fingerprint density at radius 2 is 1.95 bits per heavy atom. The molecule has 0 spiro atoms. The summed E-state index contributed by atoms with van der Waals surface area (Å²) in [5, 5.41) is 15.4. The van der Waals surface area contributed by atoms with E-state index >= 15 is 0 Å². The van der Waals surface area contributed by atoms with Crippen molar-refractivity contribution < 1.29 is 5.11 Å². The van der Waals surface area contributed by atoms with Gasteiger partial charge in [0, 0.05) is 16.9 Å². The molecule has 2 nitrogen and oxygen atoms in total. The Morgan fingerprint density at radius 3 is 2.71 bits per heavy atom. The first kappa shape index (κ1) is 14.8. The number of rotatable bonds is 6. The van der Waals surface area contributed by atoms with Gasteiger partial charge in [0.1, 0.15) is 5.01 Å². The van der Waals surface area contributed by atoms with E-state index in [9.17, 15) is 5.11 Å². The van der Waals surface area contributed by atoms with Crippen LogP contribution in [0.2, 0.25) is 0 Å². The topological polar surface area (TPSA) is 33.1 Å². The third-order valence-electron chi connectivity index (χ3n) is 2.99. The molecular weight excluding hydrogens is 318 g/mol. The summed E-state index contributed by atoms with van der Waals surface area (Å²) in [6.07, 6.45) is -0.411. The van der Waals surface area contributed by atoms with E-state index in [-0.39, 0.29) is 0 Å². The van der Waals surface area contributed by atoms with Crippen LogP contribution in [0.3, 0.4) is 0 Å². The minimum Gasteiger partial charge on any atom is -0.388 e. The number of hydrogen-bond donors (Lipinski definition) is 1. The monoisotopic (exact) mass is 333 g/mol. The van der Waals surface area contributed by atoms with Crippen LogP contribution in [-0.2, 0) is 5.75 Å². The van der Waals surface area contributed by atoms with Crippen molar-refractivity contribution in [3.63, 3.8) is 0 Å². The second-order valence-corrected chi connectivity index (χ2v) is 7.40. The second-order valence-electron chi connectivity index (χ2n) is 4.56. The summed E-state index contributed by atoms with van der Waals surface area (Å²) in [5.74, 6) is 1.53. The van der Waals surface area contributed by atoms with Gasteiger partial charge in [-0.25, -0.2) is 4.98 Å².